The average Bonchev–Trinajstić information content (AvgIpc) is 2.40. The Bertz CT molecular complexity index is 517. The quantitative estimate of drug-likeness (QED) is 0.677. The molecule has 0 aliphatic rings. The maximum Gasteiger partial charge on any atom is 0.305 e. The number of aromatic nitrogens is 1. The number of nitrogens with one attached hydrogen (secondary N) is 1. The first-order chi connectivity index (χ1) is 8.29. The third-order valence-corrected chi connectivity index (χ3v) is 2.28. The fourth-order valence-electron chi connectivity index (χ4n) is 1.42. The molecule has 0 saturated carbocycles. The third-order valence-electron chi connectivity index (χ3n) is 2.28. The van der Waals surface area contributed by atoms with Crippen molar-refractivity contribution in [1.82, 2.24) is 0 Å². The molecule has 4 nitrogen and oxygen atoms in total. The summed E-state index contributed by atoms with van der Waals surface area (Å²) >= 11 is 0. The van der Waals surface area contributed by atoms with Crippen molar-refractivity contribution < 1.29 is 26.6 Å². The number of rotatable bonds is 3. The molecule has 0 spiro atoms. The van der Waals surface area contributed by atoms with Crippen molar-refractivity contribution in [3.8, 4) is 5.75 Å². The number of carbonyl (C=O) groups is 1. The Labute approximate surface area is 112 Å². The van der Waals surface area contributed by atoms with E-state index >= 15 is 0 Å². The number of hydrogen-bond donors (Lipinski definition) is 1. The zero-order chi connectivity index (χ0) is 12.1. The van der Waals surface area contributed by atoms with Crippen molar-refractivity contribution in [3.63, 3.8) is 0 Å². The summed E-state index contributed by atoms with van der Waals surface area (Å²) in [5.74, 6) is 0.482. The van der Waals surface area contributed by atoms with Gasteiger partial charge in [-0.2, -0.15) is 0 Å². The maximum absolute atomic E-state index is 11.9. The number of benzene rings is 1. The van der Waals surface area contributed by atoms with E-state index in [-0.39, 0.29) is 18.3 Å². The predicted molar refractivity (Wildman–Crippen MR) is 63.3 cm³/mol. The summed E-state index contributed by atoms with van der Waals surface area (Å²) in [7, 11) is 1.57. The van der Waals surface area contributed by atoms with Crippen LogP contribution in [0, 0.1) is 0 Å². The van der Waals surface area contributed by atoms with Crippen LogP contribution in [0.3, 0.4) is 0 Å². The average molecular weight is 265 g/mol. The number of methoxy groups -OCH3 is 1. The molecule has 18 heavy (non-hydrogen) atoms. The standard InChI is InChI=1S/C13H12N2O2.ClH/c1-17-12-7-5-6-11(10-12)13(16)14-15-8-3-2-4-9-15;/h2-10H,1H3;1H. The monoisotopic (exact) mass is 264 g/mol. The van der Waals surface area contributed by atoms with Gasteiger partial charge in [-0.15, -0.1) is 5.43 Å². The van der Waals surface area contributed by atoms with Gasteiger partial charge in [-0.25, -0.2) is 0 Å². The van der Waals surface area contributed by atoms with E-state index in [4.69, 9.17) is 4.74 Å². The van der Waals surface area contributed by atoms with Crippen LogP contribution < -0.4 is 27.2 Å². The van der Waals surface area contributed by atoms with Crippen LogP contribution in [0.2, 0.25) is 0 Å². The van der Waals surface area contributed by atoms with Crippen molar-refractivity contribution in [2.24, 2.45) is 0 Å². The smallest absolute Gasteiger partial charge is 0.305 e. The van der Waals surface area contributed by atoms with E-state index in [0.717, 1.165) is 0 Å². The first-order valence-corrected chi connectivity index (χ1v) is 5.21. The molecule has 0 aliphatic carbocycles. The minimum absolute atomic E-state index is 0. The van der Waals surface area contributed by atoms with Crippen LogP contribution in [-0.4, -0.2) is 13.0 Å². The Morgan fingerprint density at radius 1 is 1.17 bits per heavy atom. The van der Waals surface area contributed by atoms with E-state index in [1.165, 1.54) is 0 Å². The highest BCUT2D eigenvalue weighted by Crippen LogP contribution is 2.12. The number of halogens is 1. The molecule has 0 radical (unpaired) electrons. The summed E-state index contributed by atoms with van der Waals surface area (Å²) in [5, 5.41) is 0. The van der Waals surface area contributed by atoms with Crippen LogP contribution in [0.25, 0.3) is 0 Å². The molecule has 1 N–H and O–H groups in total. The Balaban J connectivity index is 0.00000162. The fourth-order valence-corrected chi connectivity index (χ4v) is 1.42. The van der Waals surface area contributed by atoms with Gasteiger partial charge in [-0.05, 0) is 18.2 Å². The van der Waals surface area contributed by atoms with Crippen LogP contribution in [0.15, 0.2) is 54.9 Å². The van der Waals surface area contributed by atoms with Gasteiger partial charge in [0.2, 0.25) is 0 Å². The van der Waals surface area contributed by atoms with Gasteiger partial charge < -0.3 is 17.1 Å². The molecule has 0 atom stereocenters. The number of carbonyl (C=O) groups excluding carboxylic acids is 1. The minimum Gasteiger partial charge on any atom is -1.00 e. The molecule has 1 amide bonds. The molecule has 2 rings (SSSR count). The highest BCUT2D eigenvalue weighted by atomic mass is 35.5. The summed E-state index contributed by atoms with van der Waals surface area (Å²) in [4.78, 5) is 11.9. The summed E-state index contributed by atoms with van der Waals surface area (Å²) < 4.78 is 6.67. The summed E-state index contributed by atoms with van der Waals surface area (Å²) in [5.41, 5.74) is 3.29. The van der Waals surface area contributed by atoms with Crippen molar-refractivity contribution in [3.05, 3.63) is 60.4 Å². The molecule has 0 aliphatic heterocycles. The van der Waals surface area contributed by atoms with E-state index in [2.05, 4.69) is 5.43 Å². The highest BCUT2D eigenvalue weighted by Gasteiger charge is 2.10. The Morgan fingerprint density at radius 2 is 1.89 bits per heavy atom. The lowest BCUT2D eigenvalue weighted by Gasteiger charge is -2.02. The molecule has 0 fully saturated rings. The summed E-state index contributed by atoms with van der Waals surface area (Å²) in [6.45, 7) is 0. The molecular weight excluding hydrogens is 252 g/mol. The van der Waals surface area contributed by atoms with Crippen LogP contribution in [0.4, 0.5) is 0 Å². The molecule has 5 heteroatoms. The van der Waals surface area contributed by atoms with E-state index in [1.807, 2.05) is 18.2 Å². The molecule has 1 heterocycles. The normalized spacial score (nSPS) is 9.17. The molecular formula is C13H13ClN2O2. The molecule has 1 aromatic heterocycles. The first kappa shape index (κ1) is 14.0. The molecule has 0 bridgehead atoms. The molecule has 1 aromatic carbocycles. The van der Waals surface area contributed by atoms with Crippen molar-refractivity contribution in [2.75, 3.05) is 12.5 Å². The van der Waals surface area contributed by atoms with Crippen LogP contribution in [0.5, 0.6) is 5.75 Å². The SMILES string of the molecule is COc1cccc(C(=O)N[n+]2ccccc2)c1.[Cl-]. The number of pyridine rings is 1. The largest absolute Gasteiger partial charge is 1.00 e. The van der Waals surface area contributed by atoms with E-state index in [9.17, 15) is 4.79 Å². The van der Waals surface area contributed by atoms with Crippen molar-refractivity contribution in [1.29, 1.82) is 0 Å². The van der Waals surface area contributed by atoms with Gasteiger partial charge in [-0.1, -0.05) is 16.8 Å². The van der Waals surface area contributed by atoms with Crippen molar-refractivity contribution in [2.45, 2.75) is 0 Å². The highest BCUT2D eigenvalue weighted by molar-refractivity contribution is 5.99. The van der Waals surface area contributed by atoms with Crippen molar-refractivity contribution >= 4 is 5.91 Å². The lowest BCUT2D eigenvalue weighted by Crippen LogP contribution is -3.00. The predicted octanol–water partition coefficient (Wildman–Crippen LogP) is -1.63. The first-order valence-electron chi connectivity index (χ1n) is 5.21. The molecule has 2 aromatic rings. The second-order valence-corrected chi connectivity index (χ2v) is 3.46. The van der Waals surface area contributed by atoms with Gasteiger partial charge in [0.05, 0.1) is 7.11 Å². The third kappa shape index (κ3) is 3.46. The number of amides is 1. The fraction of sp³-hybridized carbons (Fsp3) is 0.0769. The second-order valence-electron chi connectivity index (χ2n) is 3.46. The lowest BCUT2D eigenvalue weighted by molar-refractivity contribution is -0.641. The Kier molecular flexibility index (Phi) is 5.14. The van der Waals surface area contributed by atoms with E-state index < -0.39 is 0 Å². The van der Waals surface area contributed by atoms with Gasteiger partial charge in [0.15, 0.2) is 12.4 Å². The van der Waals surface area contributed by atoms with Gasteiger partial charge in [0, 0.05) is 17.7 Å². The zero-order valence-electron chi connectivity index (χ0n) is 9.84. The molecule has 94 valence electrons. The topological polar surface area (TPSA) is 42.2 Å². The zero-order valence-corrected chi connectivity index (χ0v) is 10.6. The second kappa shape index (κ2) is 6.61. The van der Waals surface area contributed by atoms with E-state index in [1.54, 1.807) is 48.4 Å². The summed E-state index contributed by atoms with van der Waals surface area (Å²) in [6, 6.07) is 12.6. The van der Waals surface area contributed by atoms with Gasteiger partial charge >= 0.3 is 5.91 Å². The minimum atomic E-state index is -0.180. The number of ether oxygens (including phenoxy) is 1. The molecule has 0 unspecified atom stereocenters. The lowest BCUT2D eigenvalue weighted by atomic mass is 10.2. The van der Waals surface area contributed by atoms with Crippen LogP contribution in [0.1, 0.15) is 10.4 Å². The number of nitrogens with zero attached hydrogens (tertiary/aromatic N) is 1. The Morgan fingerprint density at radius 3 is 2.56 bits per heavy atom. The van der Waals surface area contributed by atoms with Crippen LogP contribution >= 0.6 is 0 Å². The van der Waals surface area contributed by atoms with Gasteiger partial charge in [0.25, 0.3) is 0 Å². The van der Waals surface area contributed by atoms with Gasteiger partial charge in [0.1, 0.15) is 5.75 Å². The maximum atomic E-state index is 11.9. The van der Waals surface area contributed by atoms with Crippen LogP contribution in [-0.2, 0) is 0 Å². The Hall–Kier alpha value is -2.07. The molecule has 0 saturated heterocycles. The van der Waals surface area contributed by atoms with Gasteiger partial charge in [-0.3, -0.25) is 4.79 Å². The van der Waals surface area contributed by atoms with E-state index in [0.29, 0.717) is 11.3 Å². The summed E-state index contributed by atoms with van der Waals surface area (Å²) in [6.07, 6.45) is 3.52. The number of hydrogen-bond acceptors (Lipinski definition) is 2.